The molecule has 0 radical (unpaired) electrons. The molecule has 3 aromatic rings. The first-order chi connectivity index (χ1) is 16.4. The van der Waals surface area contributed by atoms with E-state index in [9.17, 15) is 19.2 Å². The zero-order valence-electron chi connectivity index (χ0n) is 18.4. The normalized spacial score (nSPS) is 14.9. The molecule has 11 heteroatoms. The molecule has 2 amide bonds. The summed E-state index contributed by atoms with van der Waals surface area (Å²) in [6.07, 6.45) is 3.75. The summed E-state index contributed by atoms with van der Waals surface area (Å²) in [4.78, 5) is 36.9. The van der Waals surface area contributed by atoms with Crippen LogP contribution in [0.5, 0.6) is 11.5 Å². The Bertz CT molecular complexity index is 1130. The maximum atomic E-state index is 13.0. The maximum absolute atomic E-state index is 13.0. The van der Waals surface area contributed by atoms with Gasteiger partial charge in [-0.15, -0.1) is 0 Å². The summed E-state index contributed by atoms with van der Waals surface area (Å²) in [6.45, 7) is 3.72. The highest BCUT2D eigenvalue weighted by Gasteiger charge is 2.29. The van der Waals surface area contributed by atoms with Gasteiger partial charge in [0.1, 0.15) is 23.1 Å². The highest BCUT2D eigenvalue weighted by atomic mass is 19.1. The monoisotopic (exact) mass is 466 g/mol. The second kappa shape index (κ2) is 10.2. The number of rotatable bonds is 6. The van der Waals surface area contributed by atoms with Crippen LogP contribution < -0.4 is 14.8 Å². The minimum absolute atomic E-state index is 0.212. The summed E-state index contributed by atoms with van der Waals surface area (Å²) in [5.74, 6) is 0.494. The van der Waals surface area contributed by atoms with Crippen molar-refractivity contribution in [2.45, 2.75) is 13.0 Å². The quantitative estimate of drug-likeness (QED) is 0.435. The summed E-state index contributed by atoms with van der Waals surface area (Å²) in [5.41, 5.74) is 0.212. The molecule has 1 unspecified atom stereocenters. The van der Waals surface area contributed by atoms with E-state index < -0.39 is 6.04 Å². The van der Waals surface area contributed by atoms with Crippen molar-refractivity contribution in [3.05, 3.63) is 77.9 Å². The van der Waals surface area contributed by atoms with Crippen LogP contribution in [0.25, 0.3) is 0 Å². The van der Waals surface area contributed by atoms with Crippen molar-refractivity contribution in [2.24, 2.45) is 0 Å². The van der Waals surface area contributed by atoms with Crippen LogP contribution in [0, 0.1) is 11.0 Å². The highest BCUT2D eigenvalue weighted by molar-refractivity contribution is 5.94. The van der Waals surface area contributed by atoms with Gasteiger partial charge in [0.25, 0.3) is 12.2 Å². The fourth-order valence-electron chi connectivity index (χ4n) is 3.50. The summed E-state index contributed by atoms with van der Waals surface area (Å²) < 4.78 is 19.1. The molecule has 1 aliphatic heterocycles. The molecular formula is C23H23FN6O4. The number of carbonyl (C=O) groups excluding carboxylic acids is 2. The Labute approximate surface area is 195 Å². The molecule has 1 fully saturated rings. The Morgan fingerprint density at radius 2 is 1.76 bits per heavy atom. The van der Waals surface area contributed by atoms with Crippen molar-refractivity contribution < 1.29 is 23.4 Å². The van der Waals surface area contributed by atoms with Crippen molar-refractivity contribution in [1.29, 1.82) is 0 Å². The standard InChI is InChI=1S/C23H23FN6O4/c1-16(28-10-12-29(13-11-28)23(32)20-8-9-30(33)15-26-20)22(31)27-21-7-6-19(14-25-21)34-18-4-2-17(24)3-5-18/h2-9,14-16H,10-13H2,1H3,(H,25,27,31). The first-order valence-corrected chi connectivity index (χ1v) is 10.7. The van der Waals surface area contributed by atoms with Crippen LogP contribution in [0.4, 0.5) is 10.2 Å². The van der Waals surface area contributed by atoms with Gasteiger partial charge in [-0.3, -0.25) is 14.5 Å². The minimum Gasteiger partial charge on any atom is -0.711 e. The average molecular weight is 466 g/mol. The number of halogens is 1. The molecule has 0 spiro atoms. The second-order valence-corrected chi connectivity index (χ2v) is 7.73. The van der Waals surface area contributed by atoms with Crippen molar-refractivity contribution >= 4 is 17.6 Å². The van der Waals surface area contributed by atoms with E-state index in [1.807, 2.05) is 4.90 Å². The lowest BCUT2D eigenvalue weighted by molar-refractivity contribution is -0.608. The smallest absolute Gasteiger partial charge is 0.298 e. The average Bonchev–Trinajstić information content (AvgIpc) is 2.86. The Kier molecular flexibility index (Phi) is 6.93. The predicted molar refractivity (Wildman–Crippen MR) is 119 cm³/mol. The van der Waals surface area contributed by atoms with E-state index >= 15 is 0 Å². The van der Waals surface area contributed by atoms with E-state index in [0.717, 1.165) is 6.33 Å². The molecule has 3 heterocycles. The highest BCUT2D eigenvalue weighted by Crippen LogP contribution is 2.22. The molecular weight excluding hydrogens is 443 g/mol. The van der Waals surface area contributed by atoms with E-state index in [2.05, 4.69) is 15.3 Å². The Hall–Kier alpha value is -4.12. The van der Waals surface area contributed by atoms with E-state index in [0.29, 0.717) is 48.2 Å². The zero-order chi connectivity index (χ0) is 24.1. The minimum atomic E-state index is -0.427. The summed E-state index contributed by atoms with van der Waals surface area (Å²) in [7, 11) is 0. The third kappa shape index (κ3) is 5.62. The molecule has 1 atom stereocenters. The van der Waals surface area contributed by atoms with E-state index in [1.165, 1.54) is 42.7 Å². The van der Waals surface area contributed by atoms with Gasteiger partial charge in [0.15, 0.2) is 0 Å². The first kappa shape index (κ1) is 23.1. The van der Waals surface area contributed by atoms with Crippen molar-refractivity contribution in [2.75, 3.05) is 31.5 Å². The molecule has 1 aromatic carbocycles. The SMILES string of the molecule is CC(C(=O)Nc1ccc(Oc2ccc(F)cc2)cn1)N1CCN(C(=O)c2cc[n+]([O-])cn2)CC1. The Morgan fingerprint density at radius 3 is 2.38 bits per heavy atom. The van der Waals surface area contributed by atoms with E-state index in [1.54, 1.807) is 24.0 Å². The lowest BCUT2D eigenvalue weighted by atomic mass is 10.2. The van der Waals surface area contributed by atoms with Gasteiger partial charge in [-0.25, -0.2) is 14.1 Å². The number of anilines is 1. The molecule has 34 heavy (non-hydrogen) atoms. The van der Waals surface area contributed by atoms with Gasteiger partial charge in [0.05, 0.1) is 18.4 Å². The number of aromatic nitrogens is 3. The van der Waals surface area contributed by atoms with Crippen molar-refractivity contribution in [3.8, 4) is 11.5 Å². The number of amides is 2. The van der Waals surface area contributed by atoms with Crippen LogP contribution >= 0.6 is 0 Å². The molecule has 1 saturated heterocycles. The fourth-order valence-corrected chi connectivity index (χ4v) is 3.50. The largest absolute Gasteiger partial charge is 0.711 e. The number of hydrogen-bond donors (Lipinski definition) is 1. The number of pyridine rings is 1. The van der Waals surface area contributed by atoms with Gasteiger partial charge in [-0.2, -0.15) is 0 Å². The van der Waals surface area contributed by atoms with Crippen LogP contribution in [-0.2, 0) is 4.79 Å². The number of nitrogens with one attached hydrogen (secondary N) is 1. The van der Waals surface area contributed by atoms with Gasteiger partial charge in [0, 0.05) is 32.2 Å². The van der Waals surface area contributed by atoms with Crippen molar-refractivity contribution in [3.63, 3.8) is 0 Å². The first-order valence-electron chi connectivity index (χ1n) is 10.7. The van der Waals surface area contributed by atoms with Crippen LogP contribution in [0.3, 0.4) is 0 Å². The zero-order valence-corrected chi connectivity index (χ0v) is 18.4. The molecule has 1 aliphatic rings. The van der Waals surface area contributed by atoms with Gasteiger partial charge in [0.2, 0.25) is 11.6 Å². The Morgan fingerprint density at radius 1 is 1.06 bits per heavy atom. The lowest BCUT2D eigenvalue weighted by Gasteiger charge is -2.36. The number of nitrogens with zero attached hydrogens (tertiary/aromatic N) is 5. The number of ether oxygens (including phenoxy) is 1. The molecule has 10 nitrogen and oxygen atoms in total. The fraction of sp³-hybridized carbons (Fsp3) is 0.261. The van der Waals surface area contributed by atoms with Gasteiger partial charge in [-0.05, 0) is 48.3 Å². The summed E-state index contributed by atoms with van der Waals surface area (Å²) in [6, 6.07) is 9.87. The molecule has 0 aliphatic carbocycles. The third-order valence-electron chi connectivity index (χ3n) is 5.47. The topological polar surface area (TPSA) is 115 Å². The second-order valence-electron chi connectivity index (χ2n) is 7.73. The summed E-state index contributed by atoms with van der Waals surface area (Å²) >= 11 is 0. The third-order valence-corrected chi connectivity index (χ3v) is 5.47. The van der Waals surface area contributed by atoms with Crippen molar-refractivity contribution in [1.82, 2.24) is 19.8 Å². The molecule has 4 rings (SSSR count). The van der Waals surface area contributed by atoms with Crippen LogP contribution in [0.2, 0.25) is 0 Å². The van der Waals surface area contributed by atoms with Crippen LogP contribution in [-0.4, -0.2) is 63.8 Å². The van der Waals surface area contributed by atoms with Gasteiger partial charge in [-0.1, -0.05) is 0 Å². The molecule has 0 saturated carbocycles. The maximum Gasteiger partial charge on any atom is 0.298 e. The summed E-state index contributed by atoms with van der Waals surface area (Å²) in [5, 5.41) is 13.9. The van der Waals surface area contributed by atoms with Gasteiger partial charge < -0.3 is 20.2 Å². The molecule has 0 bridgehead atoms. The molecule has 176 valence electrons. The van der Waals surface area contributed by atoms with Crippen LogP contribution in [0.1, 0.15) is 17.4 Å². The van der Waals surface area contributed by atoms with Gasteiger partial charge >= 0.3 is 0 Å². The lowest BCUT2D eigenvalue weighted by Crippen LogP contribution is -2.54. The number of benzene rings is 1. The Balaban J connectivity index is 1.27. The number of carbonyl (C=O) groups is 2. The van der Waals surface area contributed by atoms with Crippen LogP contribution in [0.15, 0.2) is 61.2 Å². The predicted octanol–water partition coefficient (Wildman–Crippen LogP) is 1.83. The van der Waals surface area contributed by atoms with E-state index in [4.69, 9.17) is 4.74 Å². The molecule has 1 N–H and O–H groups in total. The van der Waals surface area contributed by atoms with E-state index in [-0.39, 0.29) is 23.3 Å². The number of hydrogen-bond acceptors (Lipinski definition) is 7. The number of piperazine rings is 1. The molecule has 2 aromatic heterocycles.